The van der Waals surface area contributed by atoms with Crippen molar-refractivity contribution >= 4 is 5.78 Å². The molecule has 1 saturated heterocycles. The fourth-order valence-electron chi connectivity index (χ4n) is 2.70. The normalized spacial score (nSPS) is 32.1. The van der Waals surface area contributed by atoms with Crippen molar-refractivity contribution < 1.29 is 4.79 Å². The molecule has 2 heteroatoms. The Kier molecular flexibility index (Phi) is 3.57. The molecule has 2 nitrogen and oxygen atoms in total. The molecule has 2 unspecified atom stereocenters. The summed E-state index contributed by atoms with van der Waals surface area (Å²) in [4.78, 5) is 12.1. The lowest BCUT2D eigenvalue weighted by Crippen LogP contribution is -2.40. The monoisotopic (exact) mass is 207 g/mol. The molecule has 1 aliphatic carbocycles. The van der Waals surface area contributed by atoms with Gasteiger partial charge in [0, 0.05) is 18.9 Å². The van der Waals surface area contributed by atoms with Gasteiger partial charge in [-0.25, -0.2) is 0 Å². The molecule has 1 N–H and O–H groups in total. The van der Waals surface area contributed by atoms with Gasteiger partial charge >= 0.3 is 0 Å². The molecule has 1 heterocycles. The molecule has 0 radical (unpaired) electrons. The third kappa shape index (κ3) is 2.69. The molecule has 84 valence electrons. The molecule has 0 spiro atoms. The molecule has 2 aliphatic rings. The first-order valence-electron chi connectivity index (χ1n) is 6.16. The maximum atomic E-state index is 12.1. The van der Waals surface area contributed by atoms with Gasteiger partial charge in [-0.1, -0.05) is 19.1 Å². The SMILES string of the molecule is CC1CCNCC1C(=O)CC1CC=CC1. The Morgan fingerprint density at radius 1 is 1.40 bits per heavy atom. The van der Waals surface area contributed by atoms with Crippen LogP contribution in [-0.4, -0.2) is 18.9 Å². The molecule has 2 atom stereocenters. The van der Waals surface area contributed by atoms with Crippen LogP contribution in [0.4, 0.5) is 0 Å². The summed E-state index contributed by atoms with van der Waals surface area (Å²) in [7, 11) is 0. The van der Waals surface area contributed by atoms with Crippen LogP contribution in [0.3, 0.4) is 0 Å². The van der Waals surface area contributed by atoms with Gasteiger partial charge in [-0.2, -0.15) is 0 Å². The van der Waals surface area contributed by atoms with Crippen molar-refractivity contribution in [2.24, 2.45) is 17.8 Å². The number of Topliss-reactive ketones (excluding diaryl/α,β-unsaturated/α-hetero) is 1. The number of nitrogens with one attached hydrogen (secondary N) is 1. The van der Waals surface area contributed by atoms with E-state index in [1.807, 2.05) is 0 Å². The number of allylic oxidation sites excluding steroid dienone is 2. The van der Waals surface area contributed by atoms with Crippen molar-refractivity contribution in [3.05, 3.63) is 12.2 Å². The lowest BCUT2D eigenvalue weighted by molar-refractivity contribution is -0.125. The van der Waals surface area contributed by atoms with Crippen LogP contribution in [0, 0.1) is 17.8 Å². The van der Waals surface area contributed by atoms with Crippen molar-refractivity contribution in [3.8, 4) is 0 Å². The number of ketones is 1. The van der Waals surface area contributed by atoms with E-state index >= 15 is 0 Å². The Bertz CT molecular complexity index is 251. The van der Waals surface area contributed by atoms with Gasteiger partial charge in [-0.05, 0) is 37.6 Å². The number of carbonyl (C=O) groups is 1. The molecule has 1 aliphatic heterocycles. The highest BCUT2D eigenvalue weighted by Gasteiger charge is 2.28. The van der Waals surface area contributed by atoms with E-state index in [0.717, 1.165) is 38.8 Å². The Morgan fingerprint density at radius 2 is 2.13 bits per heavy atom. The molecule has 0 amide bonds. The molecule has 0 aromatic heterocycles. The maximum Gasteiger partial charge on any atom is 0.137 e. The summed E-state index contributed by atoms with van der Waals surface area (Å²) in [5, 5.41) is 3.33. The van der Waals surface area contributed by atoms with E-state index in [1.165, 1.54) is 0 Å². The molecule has 0 saturated carbocycles. The van der Waals surface area contributed by atoms with Crippen molar-refractivity contribution in [2.75, 3.05) is 13.1 Å². The Hall–Kier alpha value is -0.630. The first-order chi connectivity index (χ1) is 7.27. The lowest BCUT2D eigenvalue weighted by atomic mass is 9.81. The van der Waals surface area contributed by atoms with E-state index in [-0.39, 0.29) is 5.92 Å². The second kappa shape index (κ2) is 4.93. The Morgan fingerprint density at radius 3 is 2.80 bits per heavy atom. The van der Waals surface area contributed by atoms with Gasteiger partial charge in [0.2, 0.25) is 0 Å². The van der Waals surface area contributed by atoms with Crippen molar-refractivity contribution in [1.29, 1.82) is 0 Å². The molecule has 0 aromatic carbocycles. The van der Waals surface area contributed by atoms with Crippen LogP contribution in [0.2, 0.25) is 0 Å². The average Bonchev–Trinajstić information content (AvgIpc) is 2.71. The number of rotatable bonds is 3. The van der Waals surface area contributed by atoms with Gasteiger partial charge in [-0.3, -0.25) is 4.79 Å². The van der Waals surface area contributed by atoms with Crippen LogP contribution in [0.5, 0.6) is 0 Å². The zero-order chi connectivity index (χ0) is 10.7. The van der Waals surface area contributed by atoms with Crippen LogP contribution in [0.1, 0.15) is 32.6 Å². The summed E-state index contributed by atoms with van der Waals surface area (Å²) >= 11 is 0. The van der Waals surface area contributed by atoms with Gasteiger partial charge in [0.25, 0.3) is 0 Å². The lowest BCUT2D eigenvalue weighted by Gasteiger charge is -2.29. The minimum Gasteiger partial charge on any atom is -0.316 e. The highest BCUT2D eigenvalue weighted by atomic mass is 16.1. The quantitative estimate of drug-likeness (QED) is 0.718. The third-order valence-corrected chi connectivity index (χ3v) is 3.84. The van der Waals surface area contributed by atoms with Gasteiger partial charge < -0.3 is 5.32 Å². The summed E-state index contributed by atoms with van der Waals surface area (Å²) < 4.78 is 0. The summed E-state index contributed by atoms with van der Waals surface area (Å²) in [5.41, 5.74) is 0. The van der Waals surface area contributed by atoms with E-state index in [4.69, 9.17) is 0 Å². The Balaban J connectivity index is 1.83. The first-order valence-corrected chi connectivity index (χ1v) is 6.16. The largest absolute Gasteiger partial charge is 0.316 e. The standard InChI is InChI=1S/C13H21NO/c1-10-6-7-14-9-12(10)13(15)8-11-4-2-3-5-11/h2-3,10-12,14H,4-9H2,1H3. The highest BCUT2D eigenvalue weighted by molar-refractivity contribution is 5.82. The van der Waals surface area contributed by atoms with Gasteiger partial charge in [0.05, 0.1) is 0 Å². The topological polar surface area (TPSA) is 29.1 Å². The van der Waals surface area contributed by atoms with Crippen LogP contribution in [0.25, 0.3) is 0 Å². The minimum atomic E-state index is 0.277. The van der Waals surface area contributed by atoms with E-state index in [0.29, 0.717) is 17.6 Å². The predicted octanol–water partition coefficient (Wildman–Crippen LogP) is 2.16. The van der Waals surface area contributed by atoms with Gasteiger partial charge in [0.1, 0.15) is 5.78 Å². The van der Waals surface area contributed by atoms with Crippen LogP contribution >= 0.6 is 0 Å². The summed E-state index contributed by atoms with van der Waals surface area (Å²) in [6, 6.07) is 0. The van der Waals surface area contributed by atoms with Crippen molar-refractivity contribution in [3.63, 3.8) is 0 Å². The Labute approximate surface area is 92.1 Å². The highest BCUT2D eigenvalue weighted by Crippen LogP contribution is 2.27. The van der Waals surface area contributed by atoms with E-state index in [2.05, 4.69) is 24.4 Å². The second-order valence-electron chi connectivity index (χ2n) is 5.06. The molecule has 0 bridgehead atoms. The first kappa shape index (κ1) is 10.9. The summed E-state index contributed by atoms with van der Waals surface area (Å²) in [6.45, 7) is 4.20. The number of carbonyl (C=O) groups excluding carboxylic acids is 1. The van der Waals surface area contributed by atoms with Gasteiger partial charge in [-0.15, -0.1) is 0 Å². The van der Waals surface area contributed by atoms with Gasteiger partial charge in [0.15, 0.2) is 0 Å². The molecular weight excluding hydrogens is 186 g/mol. The smallest absolute Gasteiger partial charge is 0.137 e. The van der Waals surface area contributed by atoms with E-state index in [9.17, 15) is 4.79 Å². The van der Waals surface area contributed by atoms with E-state index < -0.39 is 0 Å². The van der Waals surface area contributed by atoms with Crippen LogP contribution in [-0.2, 0) is 4.79 Å². The molecule has 0 aromatic rings. The van der Waals surface area contributed by atoms with Crippen LogP contribution in [0.15, 0.2) is 12.2 Å². The molecule has 15 heavy (non-hydrogen) atoms. The fourth-order valence-corrected chi connectivity index (χ4v) is 2.70. The second-order valence-corrected chi connectivity index (χ2v) is 5.06. The number of piperidine rings is 1. The molecular formula is C13H21NO. The summed E-state index contributed by atoms with van der Waals surface area (Å²) in [5.74, 6) is 1.95. The predicted molar refractivity (Wildman–Crippen MR) is 61.6 cm³/mol. The zero-order valence-electron chi connectivity index (χ0n) is 9.54. The fraction of sp³-hybridized carbons (Fsp3) is 0.769. The average molecular weight is 207 g/mol. The van der Waals surface area contributed by atoms with E-state index in [1.54, 1.807) is 0 Å². The molecule has 2 rings (SSSR count). The molecule has 1 fully saturated rings. The van der Waals surface area contributed by atoms with Crippen LogP contribution < -0.4 is 5.32 Å². The maximum absolute atomic E-state index is 12.1. The van der Waals surface area contributed by atoms with Crippen molar-refractivity contribution in [2.45, 2.75) is 32.6 Å². The van der Waals surface area contributed by atoms with Crippen molar-refractivity contribution in [1.82, 2.24) is 5.32 Å². The number of hydrogen-bond donors (Lipinski definition) is 1. The summed E-state index contributed by atoms with van der Waals surface area (Å²) in [6.07, 6.45) is 8.59. The third-order valence-electron chi connectivity index (χ3n) is 3.84. The minimum absolute atomic E-state index is 0.277. The number of hydrogen-bond acceptors (Lipinski definition) is 2. The zero-order valence-corrected chi connectivity index (χ0v) is 9.54.